The lowest BCUT2D eigenvalue weighted by Crippen LogP contribution is -2.52. The SMILES string of the molecule is CN1CCCN(C2CCN(C(=O)[C@@H](Cc3ccc(O)cc3)OC(=O)N3CCC(N4CCc5ccccc5NC4=O)CC3)CC2)CC1. The molecule has 0 aromatic heterocycles. The van der Waals surface area contributed by atoms with Crippen molar-refractivity contribution in [2.45, 2.75) is 63.1 Å². The third-order valence-electron chi connectivity index (χ3n) is 10.2. The summed E-state index contributed by atoms with van der Waals surface area (Å²) in [6.45, 7) is 7.18. The molecule has 2 N–H and O–H groups in total. The fourth-order valence-corrected chi connectivity index (χ4v) is 7.41. The molecule has 0 unspecified atom stereocenters. The second kappa shape index (κ2) is 14.7. The van der Waals surface area contributed by atoms with E-state index in [9.17, 15) is 19.5 Å². The van der Waals surface area contributed by atoms with Gasteiger partial charge in [0.1, 0.15) is 5.75 Å². The van der Waals surface area contributed by atoms with E-state index in [2.05, 4.69) is 22.2 Å². The number of fused-ring (bicyclic) bond motifs is 1. The number of phenolic OH excluding ortho intramolecular Hbond substituents is 1. The van der Waals surface area contributed by atoms with Crippen molar-refractivity contribution >= 4 is 23.7 Å². The standard InChI is InChI=1S/C35H48N6O5/c1-37-16-4-17-38(24-23-37)28-12-18-39(19-13-28)33(43)32(25-26-7-9-30(42)10-8-26)46-35(45)40-20-14-29(15-21-40)41-22-11-27-5-2-3-6-31(27)36-34(41)44/h2-3,5-10,28-29,32,42H,4,11-25H2,1H3,(H,36,44)/t32-/m1/s1. The molecule has 3 saturated heterocycles. The van der Waals surface area contributed by atoms with E-state index in [1.807, 2.05) is 34.1 Å². The number of rotatable bonds is 6. The molecule has 11 nitrogen and oxygen atoms in total. The molecule has 4 amide bonds. The van der Waals surface area contributed by atoms with Crippen LogP contribution in [0.25, 0.3) is 0 Å². The zero-order chi connectivity index (χ0) is 32.0. The van der Waals surface area contributed by atoms with Gasteiger partial charge in [-0.2, -0.15) is 0 Å². The van der Waals surface area contributed by atoms with Gasteiger partial charge in [0, 0.05) is 70.0 Å². The van der Waals surface area contributed by atoms with Gasteiger partial charge in [-0.25, -0.2) is 9.59 Å². The molecule has 0 aliphatic carbocycles. The minimum atomic E-state index is -0.951. The number of carbonyl (C=O) groups excluding carboxylic acids is 3. The first-order valence-electron chi connectivity index (χ1n) is 16.9. The van der Waals surface area contributed by atoms with E-state index in [4.69, 9.17) is 4.74 Å². The molecule has 0 spiro atoms. The number of para-hydroxylation sites is 1. The first kappa shape index (κ1) is 32.1. The van der Waals surface area contributed by atoms with Gasteiger partial charge in [-0.3, -0.25) is 9.69 Å². The van der Waals surface area contributed by atoms with Crippen LogP contribution in [0.15, 0.2) is 48.5 Å². The summed E-state index contributed by atoms with van der Waals surface area (Å²) in [7, 11) is 2.18. The molecule has 2 aromatic carbocycles. The van der Waals surface area contributed by atoms with Crippen molar-refractivity contribution in [1.29, 1.82) is 0 Å². The lowest BCUT2D eigenvalue weighted by molar-refractivity contribution is -0.142. The lowest BCUT2D eigenvalue weighted by Gasteiger charge is -2.40. The van der Waals surface area contributed by atoms with Crippen LogP contribution in [0.4, 0.5) is 15.3 Å². The van der Waals surface area contributed by atoms with Crippen LogP contribution in [-0.2, 0) is 22.4 Å². The van der Waals surface area contributed by atoms with E-state index in [1.165, 1.54) is 0 Å². The number of anilines is 1. The van der Waals surface area contributed by atoms with Gasteiger partial charge in [-0.15, -0.1) is 0 Å². The van der Waals surface area contributed by atoms with Gasteiger partial charge in [0.15, 0.2) is 6.10 Å². The zero-order valence-corrected chi connectivity index (χ0v) is 27.0. The molecule has 11 heteroatoms. The topological polar surface area (TPSA) is 109 Å². The molecule has 248 valence electrons. The number of ether oxygens (including phenoxy) is 1. The molecular weight excluding hydrogens is 584 g/mol. The van der Waals surface area contributed by atoms with Crippen molar-refractivity contribution in [1.82, 2.24) is 24.5 Å². The molecular formula is C35H48N6O5. The Morgan fingerprint density at radius 1 is 0.848 bits per heavy atom. The number of piperidine rings is 2. The summed E-state index contributed by atoms with van der Waals surface area (Å²) in [6.07, 6.45) is 3.87. The Labute approximate surface area is 272 Å². The predicted octanol–water partition coefficient (Wildman–Crippen LogP) is 3.62. The van der Waals surface area contributed by atoms with Crippen LogP contribution < -0.4 is 5.32 Å². The Bertz CT molecular complexity index is 1360. The monoisotopic (exact) mass is 632 g/mol. The van der Waals surface area contributed by atoms with Crippen molar-refractivity contribution in [3.8, 4) is 5.75 Å². The Balaban J connectivity index is 1.05. The Hall–Kier alpha value is -3.83. The van der Waals surface area contributed by atoms with E-state index in [0.29, 0.717) is 51.6 Å². The highest BCUT2D eigenvalue weighted by atomic mass is 16.6. The van der Waals surface area contributed by atoms with E-state index >= 15 is 0 Å². The van der Waals surface area contributed by atoms with Gasteiger partial charge >= 0.3 is 12.1 Å². The maximum atomic E-state index is 13.9. The summed E-state index contributed by atoms with van der Waals surface area (Å²) < 4.78 is 6.00. The fourth-order valence-electron chi connectivity index (χ4n) is 7.41. The number of hydrogen-bond donors (Lipinski definition) is 2. The second-order valence-corrected chi connectivity index (χ2v) is 13.2. The van der Waals surface area contributed by atoms with Crippen LogP contribution in [0.3, 0.4) is 0 Å². The minimum Gasteiger partial charge on any atom is -0.508 e. The molecule has 6 rings (SSSR count). The molecule has 4 aliphatic rings. The first-order chi connectivity index (χ1) is 22.3. The molecule has 3 fully saturated rings. The molecule has 0 saturated carbocycles. The summed E-state index contributed by atoms with van der Waals surface area (Å²) in [5, 5.41) is 12.8. The number of aromatic hydroxyl groups is 1. The van der Waals surface area contributed by atoms with Crippen molar-refractivity contribution in [2.24, 2.45) is 0 Å². The number of carbonyl (C=O) groups is 3. The van der Waals surface area contributed by atoms with Crippen LogP contribution in [0, 0.1) is 0 Å². The van der Waals surface area contributed by atoms with Crippen molar-refractivity contribution in [2.75, 3.05) is 71.3 Å². The number of urea groups is 1. The summed E-state index contributed by atoms with van der Waals surface area (Å²) in [4.78, 5) is 50.8. The average molecular weight is 633 g/mol. The maximum Gasteiger partial charge on any atom is 0.410 e. The lowest BCUT2D eigenvalue weighted by atomic mass is 10.0. The van der Waals surface area contributed by atoms with E-state index in [1.54, 1.807) is 29.2 Å². The van der Waals surface area contributed by atoms with Gasteiger partial charge in [-0.05, 0) is 88.0 Å². The third kappa shape index (κ3) is 7.75. The quantitative estimate of drug-likeness (QED) is 0.501. The number of hydrogen-bond acceptors (Lipinski definition) is 7. The number of nitrogens with one attached hydrogen (secondary N) is 1. The summed E-state index contributed by atoms with van der Waals surface area (Å²) in [5.41, 5.74) is 2.81. The van der Waals surface area contributed by atoms with Crippen molar-refractivity contribution in [3.63, 3.8) is 0 Å². The van der Waals surface area contributed by atoms with Crippen LogP contribution in [0.5, 0.6) is 5.75 Å². The fraction of sp³-hybridized carbons (Fsp3) is 0.571. The smallest absolute Gasteiger partial charge is 0.410 e. The zero-order valence-electron chi connectivity index (χ0n) is 27.0. The van der Waals surface area contributed by atoms with Crippen molar-refractivity contribution in [3.05, 3.63) is 59.7 Å². The highest BCUT2D eigenvalue weighted by Gasteiger charge is 2.36. The maximum absolute atomic E-state index is 13.9. The Kier molecular flexibility index (Phi) is 10.3. The number of likely N-dealkylation sites (tertiary alicyclic amines) is 2. The third-order valence-corrected chi connectivity index (χ3v) is 10.2. The van der Waals surface area contributed by atoms with Crippen LogP contribution in [0.1, 0.15) is 43.2 Å². The number of phenols is 1. The minimum absolute atomic E-state index is 0.0266. The summed E-state index contributed by atoms with van der Waals surface area (Å²) in [6, 6.07) is 15.0. The highest BCUT2D eigenvalue weighted by Crippen LogP contribution is 2.26. The predicted molar refractivity (Wildman–Crippen MR) is 176 cm³/mol. The molecule has 1 atom stereocenters. The first-order valence-corrected chi connectivity index (χ1v) is 16.9. The van der Waals surface area contributed by atoms with Crippen LogP contribution in [-0.4, -0.2) is 132 Å². The number of nitrogens with zero attached hydrogens (tertiary/aromatic N) is 5. The molecule has 2 aromatic rings. The summed E-state index contributed by atoms with van der Waals surface area (Å²) >= 11 is 0. The summed E-state index contributed by atoms with van der Waals surface area (Å²) in [5.74, 6) is -0.0126. The van der Waals surface area contributed by atoms with E-state index in [0.717, 1.165) is 68.7 Å². The van der Waals surface area contributed by atoms with E-state index in [-0.39, 0.29) is 30.2 Å². The van der Waals surface area contributed by atoms with Gasteiger partial charge in [-0.1, -0.05) is 30.3 Å². The number of amides is 4. The van der Waals surface area contributed by atoms with Crippen LogP contribution >= 0.6 is 0 Å². The second-order valence-electron chi connectivity index (χ2n) is 13.2. The van der Waals surface area contributed by atoms with Gasteiger partial charge in [0.25, 0.3) is 5.91 Å². The highest BCUT2D eigenvalue weighted by molar-refractivity contribution is 5.91. The average Bonchev–Trinajstić information content (AvgIpc) is 3.40. The van der Waals surface area contributed by atoms with Gasteiger partial charge in [0.2, 0.25) is 0 Å². The Morgan fingerprint density at radius 3 is 2.30 bits per heavy atom. The van der Waals surface area contributed by atoms with Gasteiger partial charge in [0.05, 0.1) is 0 Å². The Morgan fingerprint density at radius 2 is 1.54 bits per heavy atom. The molecule has 4 heterocycles. The number of benzene rings is 2. The molecule has 0 bridgehead atoms. The molecule has 4 aliphatic heterocycles. The van der Waals surface area contributed by atoms with Gasteiger partial charge < -0.3 is 34.8 Å². The number of likely N-dealkylation sites (N-methyl/N-ethyl adjacent to an activating group) is 1. The molecule has 46 heavy (non-hydrogen) atoms. The molecule has 0 radical (unpaired) electrons. The van der Waals surface area contributed by atoms with E-state index < -0.39 is 12.2 Å². The largest absolute Gasteiger partial charge is 0.508 e. The van der Waals surface area contributed by atoms with Crippen molar-refractivity contribution < 1.29 is 24.2 Å². The normalized spacial score (nSPS) is 21.6. The van der Waals surface area contributed by atoms with Crippen LogP contribution in [0.2, 0.25) is 0 Å².